The van der Waals surface area contributed by atoms with Gasteiger partial charge in [0.25, 0.3) is 11.5 Å². The number of aromatic nitrogens is 1. The van der Waals surface area contributed by atoms with Crippen molar-refractivity contribution in [3.63, 3.8) is 0 Å². The molecule has 1 aromatic heterocycles. The van der Waals surface area contributed by atoms with E-state index in [1.165, 1.54) is 16.6 Å². The van der Waals surface area contributed by atoms with Crippen molar-refractivity contribution in [2.45, 2.75) is 13.0 Å². The first kappa shape index (κ1) is 21.4. The molecule has 3 heterocycles. The Kier molecular flexibility index (Phi) is 5.07. The van der Waals surface area contributed by atoms with E-state index >= 15 is 0 Å². The van der Waals surface area contributed by atoms with E-state index in [2.05, 4.69) is 4.99 Å². The van der Waals surface area contributed by atoms with Crippen molar-refractivity contribution >= 4 is 46.1 Å². The van der Waals surface area contributed by atoms with Crippen molar-refractivity contribution in [1.82, 2.24) is 4.57 Å². The topological polar surface area (TPSA) is 81.0 Å². The maximum atomic E-state index is 13.8. The van der Waals surface area contributed by atoms with Gasteiger partial charge in [-0.3, -0.25) is 14.2 Å². The standard InChI is InChI=1S/C24H18ClN3O4S/c1-12-17(23(31)32-3)19(13-8-4-6-10-15(13)25)28-22(30)20(33-24(28)26-12)18-14-9-5-7-11-16(14)27(2)21(18)29/h4-11,19H,1-3H3/b20-18-. The minimum atomic E-state index is -0.832. The maximum absolute atomic E-state index is 13.8. The third kappa shape index (κ3) is 3.09. The summed E-state index contributed by atoms with van der Waals surface area (Å²) in [5.41, 5.74) is 2.57. The van der Waals surface area contributed by atoms with Crippen LogP contribution in [0.1, 0.15) is 24.1 Å². The average Bonchev–Trinajstić information content (AvgIpc) is 3.26. The van der Waals surface area contributed by atoms with Crippen LogP contribution >= 0.6 is 22.9 Å². The number of rotatable bonds is 2. The maximum Gasteiger partial charge on any atom is 0.338 e. The Balaban J connectivity index is 1.88. The van der Waals surface area contributed by atoms with Crippen LogP contribution in [0.2, 0.25) is 5.02 Å². The number of ether oxygens (including phenoxy) is 1. The molecule has 3 aromatic rings. The lowest BCUT2D eigenvalue weighted by Gasteiger charge is -2.25. The number of likely N-dealkylation sites (N-methyl/N-ethyl adjacent to an activating group) is 1. The number of thiazole rings is 1. The van der Waals surface area contributed by atoms with Crippen LogP contribution in [0.15, 0.2) is 69.6 Å². The molecular weight excluding hydrogens is 462 g/mol. The minimum Gasteiger partial charge on any atom is -0.466 e. The molecule has 2 aliphatic heterocycles. The first-order valence-corrected chi connectivity index (χ1v) is 11.3. The van der Waals surface area contributed by atoms with Gasteiger partial charge < -0.3 is 9.64 Å². The lowest BCUT2D eigenvalue weighted by molar-refractivity contribution is -0.136. The molecule has 5 rings (SSSR count). The van der Waals surface area contributed by atoms with Crippen LogP contribution in [0.3, 0.4) is 0 Å². The number of benzene rings is 2. The highest BCUT2D eigenvalue weighted by atomic mass is 35.5. The molecule has 0 spiro atoms. The van der Waals surface area contributed by atoms with Gasteiger partial charge in [-0.15, -0.1) is 0 Å². The lowest BCUT2D eigenvalue weighted by atomic mass is 9.96. The normalized spacial score (nSPS) is 18.7. The molecule has 0 saturated heterocycles. The summed E-state index contributed by atoms with van der Waals surface area (Å²) in [5.74, 6) is -0.860. The fraction of sp³-hybridized carbons (Fsp3) is 0.167. The van der Waals surface area contributed by atoms with E-state index in [0.29, 0.717) is 32.2 Å². The SMILES string of the molecule is COC(=O)C1=C(C)N=c2s/c(=C3\C(=O)N(C)c4ccccc43)c(=O)n2C1c1ccccc1Cl. The number of carbonyl (C=O) groups excluding carboxylic acids is 2. The summed E-state index contributed by atoms with van der Waals surface area (Å²) in [6, 6.07) is 13.5. The molecule has 7 nitrogen and oxygen atoms in total. The van der Waals surface area contributed by atoms with Crippen molar-refractivity contribution < 1.29 is 14.3 Å². The Bertz CT molecular complexity index is 1570. The van der Waals surface area contributed by atoms with Crippen LogP contribution in [-0.2, 0) is 14.3 Å². The zero-order valence-electron chi connectivity index (χ0n) is 18.0. The fourth-order valence-corrected chi connectivity index (χ4v) is 5.70. The molecule has 9 heteroatoms. The van der Waals surface area contributed by atoms with Crippen LogP contribution in [0, 0.1) is 0 Å². The molecule has 2 aliphatic rings. The summed E-state index contributed by atoms with van der Waals surface area (Å²) >= 11 is 7.63. The second kappa shape index (κ2) is 7.83. The second-order valence-corrected chi connectivity index (χ2v) is 9.06. The molecule has 0 fully saturated rings. The molecule has 2 aromatic carbocycles. The number of carbonyl (C=O) groups is 2. The fourth-order valence-electron chi connectivity index (χ4n) is 4.32. The lowest BCUT2D eigenvalue weighted by Crippen LogP contribution is -2.40. The van der Waals surface area contributed by atoms with Crippen molar-refractivity contribution in [3.8, 4) is 0 Å². The predicted octanol–water partition coefficient (Wildman–Crippen LogP) is 2.41. The van der Waals surface area contributed by atoms with Crippen LogP contribution in [-0.4, -0.2) is 30.6 Å². The number of allylic oxidation sites excluding steroid dienone is 1. The van der Waals surface area contributed by atoms with Gasteiger partial charge >= 0.3 is 5.97 Å². The van der Waals surface area contributed by atoms with Gasteiger partial charge in [0.2, 0.25) is 0 Å². The number of fused-ring (bicyclic) bond motifs is 2. The number of methoxy groups -OCH3 is 1. The van der Waals surface area contributed by atoms with E-state index in [4.69, 9.17) is 16.3 Å². The van der Waals surface area contributed by atoms with Crippen molar-refractivity contribution in [1.29, 1.82) is 0 Å². The Hall–Kier alpha value is -3.49. The van der Waals surface area contributed by atoms with Crippen molar-refractivity contribution in [2.75, 3.05) is 19.1 Å². The number of nitrogens with zero attached hydrogens (tertiary/aromatic N) is 3. The number of esters is 1. The highest BCUT2D eigenvalue weighted by molar-refractivity contribution is 7.07. The second-order valence-electron chi connectivity index (χ2n) is 7.67. The highest BCUT2D eigenvalue weighted by Gasteiger charge is 2.36. The molecule has 1 atom stereocenters. The summed E-state index contributed by atoms with van der Waals surface area (Å²) in [7, 11) is 2.96. The van der Waals surface area contributed by atoms with Gasteiger partial charge in [-0.25, -0.2) is 9.79 Å². The molecule has 1 unspecified atom stereocenters. The summed E-state index contributed by atoms with van der Waals surface area (Å²) in [6.07, 6.45) is 0. The number of anilines is 1. The van der Waals surface area contributed by atoms with Crippen molar-refractivity contribution in [3.05, 3.63) is 95.6 Å². The van der Waals surface area contributed by atoms with Gasteiger partial charge in [0.05, 0.1) is 29.6 Å². The van der Waals surface area contributed by atoms with Gasteiger partial charge in [0.1, 0.15) is 10.6 Å². The molecule has 0 aliphatic carbocycles. The minimum absolute atomic E-state index is 0.227. The molecule has 0 radical (unpaired) electrons. The van der Waals surface area contributed by atoms with Crippen LogP contribution in [0.4, 0.5) is 5.69 Å². The van der Waals surface area contributed by atoms with E-state index < -0.39 is 17.6 Å². The Morgan fingerprint density at radius 3 is 2.55 bits per heavy atom. The van der Waals surface area contributed by atoms with E-state index in [0.717, 1.165) is 17.0 Å². The molecule has 0 N–H and O–H groups in total. The molecular formula is C24H18ClN3O4S. The van der Waals surface area contributed by atoms with Crippen molar-refractivity contribution in [2.24, 2.45) is 4.99 Å². The number of hydrogen-bond acceptors (Lipinski definition) is 6. The third-order valence-corrected chi connectivity index (χ3v) is 7.28. The molecule has 33 heavy (non-hydrogen) atoms. The largest absolute Gasteiger partial charge is 0.466 e. The zero-order chi connectivity index (χ0) is 23.4. The zero-order valence-corrected chi connectivity index (χ0v) is 19.5. The predicted molar refractivity (Wildman–Crippen MR) is 126 cm³/mol. The monoisotopic (exact) mass is 479 g/mol. The summed E-state index contributed by atoms with van der Waals surface area (Å²) in [5, 5.41) is 0.402. The van der Waals surface area contributed by atoms with Gasteiger partial charge in [-0.05, 0) is 24.6 Å². The van der Waals surface area contributed by atoms with E-state index in [9.17, 15) is 14.4 Å². The smallest absolute Gasteiger partial charge is 0.338 e. The molecule has 166 valence electrons. The Labute approximate surface area is 197 Å². The Morgan fingerprint density at radius 2 is 1.82 bits per heavy atom. The van der Waals surface area contributed by atoms with E-state index in [1.807, 2.05) is 24.3 Å². The van der Waals surface area contributed by atoms with Gasteiger partial charge in [0, 0.05) is 17.6 Å². The number of hydrogen-bond donors (Lipinski definition) is 0. The summed E-state index contributed by atoms with van der Waals surface area (Å²) < 4.78 is 6.72. The number of amides is 1. The summed E-state index contributed by atoms with van der Waals surface area (Å²) in [4.78, 5) is 46.2. The first-order chi connectivity index (χ1) is 15.8. The van der Waals surface area contributed by atoms with Crippen LogP contribution in [0.25, 0.3) is 5.57 Å². The first-order valence-electron chi connectivity index (χ1n) is 10.1. The third-order valence-electron chi connectivity index (χ3n) is 5.88. The summed E-state index contributed by atoms with van der Waals surface area (Å²) in [6.45, 7) is 1.69. The van der Waals surface area contributed by atoms with E-state index in [-0.39, 0.29) is 16.0 Å². The van der Waals surface area contributed by atoms with Gasteiger partial charge in [0.15, 0.2) is 4.80 Å². The average molecular weight is 480 g/mol. The molecule has 0 saturated carbocycles. The van der Waals surface area contributed by atoms with Crippen LogP contribution in [0.5, 0.6) is 0 Å². The molecule has 1 amide bonds. The Morgan fingerprint density at radius 1 is 1.12 bits per heavy atom. The van der Waals surface area contributed by atoms with Gasteiger partial charge in [-0.2, -0.15) is 0 Å². The highest BCUT2D eigenvalue weighted by Crippen LogP contribution is 2.36. The number of para-hydroxylation sites is 1. The number of halogens is 1. The molecule has 0 bridgehead atoms. The van der Waals surface area contributed by atoms with Crippen LogP contribution < -0.4 is 19.8 Å². The van der Waals surface area contributed by atoms with Gasteiger partial charge in [-0.1, -0.05) is 59.3 Å². The quantitative estimate of drug-likeness (QED) is 0.529. The van der Waals surface area contributed by atoms with E-state index in [1.54, 1.807) is 38.2 Å².